The van der Waals surface area contributed by atoms with Gasteiger partial charge < -0.3 is 24.2 Å². The largest absolute Gasteiger partial charge is 0.496 e. The monoisotopic (exact) mass is 642 g/mol. The van der Waals surface area contributed by atoms with Crippen LogP contribution in [0.2, 0.25) is 0 Å². The molecule has 1 aromatic carbocycles. The van der Waals surface area contributed by atoms with Crippen LogP contribution in [0.25, 0.3) is 0 Å². The lowest BCUT2D eigenvalue weighted by Crippen LogP contribution is -2.58. The molecule has 3 aliphatic heterocycles. The highest BCUT2D eigenvalue weighted by Gasteiger charge is 2.53. The summed E-state index contributed by atoms with van der Waals surface area (Å²) in [6, 6.07) is 4.21. The van der Waals surface area contributed by atoms with Crippen LogP contribution in [0.3, 0.4) is 0 Å². The van der Waals surface area contributed by atoms with E-state index in [1.165, 1.54) is 23.1 Å². The number of nitrogens with one attached hydrogen (secondary N) is 1. The van der Waals surface area contributed by atoms with E-state index < -0.39 is 0 Å². The number of piperazine rings is 1. The maximum absolute atomic E-state index is 13.8. The molecule has 44 heavy (non-hydrogen) atoms. The van der Waals surface area contributed by atoms with E-state index in [4.69, 9.17) is 9.47 Å². The fourth-order valence-electron chi connectivity index (χ4n) is 6.60. The molecule has 1 aromatic heterocycles. The van der Waals surface area contributed by atoms with Gasteiger partial charge in [0.2, 0.25) is 5.91 Å². The minimum absolute atomic E-state index is 0.0757. The standard InChI is InChI=1S/C31H42N6O5S2/c1-4-26(38)37-12-11-36(20-31(37)7-8-31)28(39)23-18-25(21(2)17-24(23)41-3)43-27-19-32-29(44-27)33-30(40)35-9-5-22(6-10-35)34-13-15-42-16-14-34/h17-19,22H,4-16,20H2,1-3H3,(H,32,33,40). The topological polar surface area (TPSA) is 108 Å². The van der Waals surface area contributed by atoms with Crippen molar-refractivity contribution in [2.75, 3.05) is 71.5 Å². The van der Waals surface area contributed by atoms with Gasteiger partial charge in [0.25, 0.3) is 5.91 Å². The summed E-state index contributed by atoms with van der Waals surface area (Å²) < 4.78 is 12.0. The molecule has 1 saturated carbocycles. The Balaban J connectivity index is 1.08. The van der Waals surface area contributed by atoms with Crippen molar-refractivity contribution in [1.82, 2.24) is 24.6 Å². The zero-order valence-electron chi connectivity index (χ0n) is 25.8. The first-order chi connectivity index (χ1) is 21.3. The van der Waals surface area contributed by atoms with Crippen molar-refractivity contribution in [1.29, 1.82) is 0 Å². The van der Waals surface area contributed by atoms with Crippen molar-refractivity contribution < 1.29 is 23.9 Å². The van der Waals surface area contributed by atoms with Crippen molar-refractivity contribution in [2.45, 2.75) is 66.6 Å². The number of aryl methyl sites for hydroxylation is 1. The number of piperidine rings is 1. The van der Waals surface area contributed by atoms with E-state index in [2.05, 4.69) is 15.2 Å². The normalized spacial score (nSPS) is 20.6. The minimum atomic E-state index is -0.210. The van der Waals surface area contributed by atoms with Gasteiger partial charge in [0.15, 0.2) is 5.13 Å². The number of hydrogen-bond acceptors (Lipinski definition) is 9. The van der Waals surface area contributed by atoms with E-state index >= 15 is 0 Å². The number of ether oxygens (including phenoxy) is 2. The molecule has 1 N–H and O–H groups in total. The summed E-state index contributed by atoms with van der Waals surface area (Å²) in [7, 11) is 1.59. The summed E-state index contributed by atoms with van der Waals surface area (Å²) in [6.07, 6.45) is 6.06. The van der Waals surface area contributed by atoms with Gasteiger partial charge in [-0.2, -0.15) is 0 Å². The second kappa shape index (κ2) is 13.2. The molecule has 11 nitrogen and oxygen atoms in total. The fraction of sp³-hybridized carbons (Fsp3) is 0.613. The molecule has 1 spiro atoms. The highest BCUT2D eigenvalue weighted by atomic mass is 32.2. The predicted octanol–water partition coefficient (Wildman–Crippen LogP) is 4.17. The van der Waals surface area contributed by atoms with Gasteiger partial charge in [-0.05, 0) is 50.3 Å². The van der Waals surface area contributed by atoms with Crippen molar-refractivity contribution in [3.05, 3.63) is 29.5 Å². The smallest absolute Gasteiger partial charge is 0.323 e. The van der Waals surface area contributed by atoms with Crippen LogP contribution >= 0.6 is 23.1 Å². The number of anilines is 1. The van der Waals surface area contributed by atoms with Gasteiger partial charge in [0.1, 0.15) is 5.75 Å². The number of hydrogen-bond donors (Lipinski definition) is 1. The molecule has 238 valence electrons. The lowest BCUT2D eigenvalue weighted by molar-refractivity contribution is -0.136. The first-order valence-electron chi connectivity index (χ1n) is 15.6. The number of methoxy groups -OCH3 is 1. The average Bonchev–Trinajstić information content (AvgIpc) is 3.67. The maximum atomic E-state index is 13.8. The van der Waals surface area contributed by atoms with Crippen molar-refractivity contribution >= 4 is 46.1 Å². The molecule has 1 aliphatic carbocycles. The van der Waals surface area contributed by atoms with Gasteiger partial charge in [0.05, 0.1) is 41.8 Å². The highest BCUT2D eigenvalue weighted by Crippen LogP contribution is 2.45. The number of thiazole rings is 1. The molecule has 4 fully saturated rings. The second-order valence-corrected chi connectivity index (χ2v) is 14.4. The van der Waals surface area contributed by atoms with Crippen molar-refractivity contribution in [3.63, 3.8) is 0 Å². The third kappa shape index (κ3) is 6.56. The van der Waals surface area contributed by atoms with Gasteiger partial charge >= 0.3 is 6.03 Å². The lowest BCUT2D eigenvalue weighted by Gasteiger charge is -2.42. The molecular weight excluding hydrogens is 601 g/mol. The number of carbonyl (C=O) groups is 3. The lowest BCUT2D eigenvalue weighted by atomic mass is 10.0. The maximum Gasteiger partial charge on any atom is 0.323 e. The number of urea groups is 1. The Bertz CT molecular complexity index is 1380. The van der Waals surface area contributed by atoms with Gasteiger partial charge in [0, 0.05) is 63.2 Å². The molecule has 2 aromatic rings. The van der Waals surface area contributed by atoms with Gasteiger partial charge in [-0.3, -0.25) is 19.8 Å². The number of rotatable bonds is 7. The van der Waals surface area contributed by atoms with E-state index in [-0.39, 0.29) is 23.4 Å². The SMILES string of the molecule is CCC(=O)N1CCN(C(=O)c2cc(Sc3cnc(NC(=O)N4CCC(N5CCOCC5)CC4)s3)c(C)cc2OC)CC12CC2. The van der Waals surface area contributed by atoms with E-state index in [1.807, 2.05) is 40.7 Å². The predicted molar refractivity (Wildman–Crippen MR) is 170 cm³/mol. The molecular formula is C31H42N6O5S2. The van der Waals surface area contributed by atoms with Gasteiger partial charge in [-0.1, -0.05) is 30.0 Å². The van der Waals surface area contributed by atoms with E-state index in [0.717, 1.165) is 79.7 Å². The quantitative estimate of drug-likeness (QED) is 0.480. The van der Waals surface area contributed by atoms with Crippen molar-refractivity contribution in [3.8, 4) is 5.75 Å². The van der Waals surface area contributed by atoms with Crippen LogP contribution in [0.4, 0.5) is 9.93 Å². The van der Waals surface area contributed by atoms with Crippen LogP contribution in [0.5, 0.6) is 5.75 Å². The third-order valence-corrected chi connectivity index (χ3v) is 11.5. The summed E-state index contributed by atoms with van der Waals surface area (Å²) in [5, 5.41) is 3.55. The Morgan fingerprint density at radius 3 is 2.52 bits per heavy atom. The summed E-state index contributed by atoms with van der Waals surface area (Å²) in [4.78, 5) is 52.9. The average molecular weight is 643 g/mol. The number of benzene rings is 1. The minimum Gasteiger partial charge on any atom is -0.496 e. The molecule has 4 heterocycles. The highest BCUT2D eigenvalue weighted by molar-refractivity contribution is 8.01. The molecule has 3 saturated heterocycles. The number of aromatic nitrogens is 1. The number of nitrogens with zero attached hydrogens (tertiary/aromatic N) is 5. The number of morpholine rings is 1. The molecule has 6 rings (SSSR count). The Labute approximate surface area is 267 Å². The van der Waals surface area contributed by atoms with Crippen LogP contribution in [0, 0.1) is 6.92 Å². The Morgan fingerprint density at radius 1 is 1.09 bits per heavy atom. The van der Waals surface area contributed by atoms with Crippen LogP contribution in [0.15, 0.2) is 27.4 Å². The zero-order valence-corrected chi connectivity index (χ0v) is 27.4. The zero-order chi connectivity index (χ0) is 30.8. The number of likely N-dealkylation sites (tertiary alicyclic amines) is 1. The first kappa shape index (κ1) is 31.1. The molecule has 13 heteroatoms. The Kier molecular flexibility index (Phi) is 9.36. The number of carbonyl (C=O) groups excluding carboxylic acids is 3. The van der Waals surface area contributed by atoms with E-state index in [9.17, 15) is 14.4 Å². The summed E-state index contributed by atoms with van der Waals surface area (Å²) in [5.41, 5.74) is 1.30. The van der Waals surface area contributed by atoms with Crippen molar-refractivity contribution in [2.24, 2.45) is 0 Å². The van der Waals surface area contributed by atoms with E-state index in [0.29, 0.717) is 48.5 Å². The molecule has 0 atom stereocenters. The molecule has 4 amide bonds. The van der Waals surface area contributed by atoms with Crippen LogP contribution in [-0.4, -0.2) is 120 Å². The van der Waals surface area contributed by atoms with Crippen LogP contribution < -0.4 is 10.1 Å². The third-order valence-electron chi connectivity index (χ3n) is 9.32. The van der Waals surface area contributed by atoms with Crippen LogP contribution in [0.1, 0.15) is 54.9 Å². The summed E-state index contributed by atoms with van der Waals surface area (Å²) >= 11 is 2.95. The molecule has 0 bridgehead atoms. The van der Waals surface area contributed by atoms with Gasteiger partial charge in [-0.15, -0.1) is 0 Å². The summed E-state index contributed by atoms with van der Waals surface area (Å²) in [5.74, 6) is 0.631. The van der Waals surface area contributed by atoms with Gasteiger partial charge in [-0.25, -0.2) is 9.78 Å². The molecule has 0 unspecified atom stereocenters. The van der Waals surface area contributed by atoms with E-state index in [1.54, 1.807) is 13.3 Å². The molecule has 0 radical (unpaired) electrons. The molecule has 4 aliphatic rings. The first-order valence-corrected chi connectivity index (χ1v) is 17.2. The summed E-state index contributed by atoms with van der Waals surface area (Å²) in [6.45, 7) is 10.5. The number of amides is 4. The second-order valence-electron chi connectivity index (χ2n) is 12.1. The van der Waals surface area contributed by atoms with Crippen LogP contribution in [-0.2, 0) is 9.53 Å². The Hall–Kier alpha value is -2.87. The Morgan fingerprint density at radius 2 is 1.84 bits per heavy atom. The fourth-order valence-corrected chi connectivity index (χ4v) is 8.53.